The fourth-order valence-electron chi connectivity index (χ4n) is 2.65. The molecule has 0 amide bonds. The third kappa shape index (κ3) is 1.53. The fraction of sp³-hybridized carbons (Fsp3) is 0.357. The summed E-state index contributed by atoms with van der Waals surface area (Å²) < 4.78 is 10.7. The van der Waals surface area contributed by atoms with Crippen molar-refractivity contribution in [2.75, 3.05) is 7.11 Å². The lowest BCUT2D eigenvalue weighted by molar-refractivity contribution is 0.0518. The standard InChI is InChI=1S/C14H15NO3/c1-17-12-5-3-8-15-13(12)14(16)7-2-4-11-10(14)6-9-18-11/h3,5-6,8-9,16H,2,4,7H2,1H3. The second-order valence-electron chi connectivity index (χ2n) is 4.53. The third-order valence-electron chi connectivity index (χ3n) is 3.52. The van der Waals surface area contributed by atoms with Crippen LogP contribution in [0.2, 0.25) is 0 Å². The number of hydrogen-bond donors (Lipinski definition) is 1. The van der Waals surface area contributed by atoms with E-state index in [1.807, 2.05) is 12.1 Å². The average Bonchev–Trinajstić information content (AvgIpc) is 2.89. The first-order valence-electron chi connectivity index (χ1n) is 6.04. The largest absolute Gasteiger partial charge is 0.495 e. The molecule has 3 rings (SSSR count). The van der Waals surface area contributed by atoms with E-state index in [-0.39, 0.29) is 0 Å². The Kier molecular flexibility index (Phi) is 2.59. The minimum atomic E-state index is -1.10. The molecule has 1 aliphatic rings. The number of hydrogen-bond acceptors (Lipinski definition) is 4. The van der Waals surface area contributed by atoms with Crippen LogP contribution in [0, 0.1) is 0 Å². The average molecular weight is 245 g/mol. The number of aryl methyl sites for hydroxylation is 1. The Morgan fingerprint density at radius 3 is 3.17 bits per heavy atom. The molecule has 18 heavy (non-hydrogen) atoms. The quantitative estimate of drug-likeness (QED) is 0.881. The van der Waals surface area contributed by atoms with Crippen molar-refractivity contribution in [3.63, 3.8) is 0 Å². The van der Waals surface area contributed by atoms with Crippen molar-refractivity contribution in [1.82, 2.24) is 4.98 Å². The number of ether oxygens (including phenoxy) is 1. The van der Waals surface area contributed by atoms with E-state index < -0.39 is 5.60 Å². The predicted octanol–water partition coefficient (Wildman–Crippen LogP) is 2.26. The van der Waals surface area contributed by atoms with Gasteiger partial charge in [0.05, 0.1) is 13.4 Å². The molecule has 1 N–H and O–H groups in total. The zero-order valence-electron chi connectivity index (χ0n) is 10.2. The van der Waals surface area contributed by atoms with Crippen LogP contribution in [-0.4, -0.2) is 17.2 Å². The van der Waals surface area contributed by atoms with Crippen molar-refractivity contribution >= 4 is 0 Å². The van der Waals surface area contributed by atoms with Crippen LogP contribution in [0.3, 0.4) is 0 Å². The molecule has 0 saturated heterocycles. The number of fused-ring (bicyclic) bond motifs is 1. The lowest BCUT2D eigenvalue weighted by atomic mass is 9.80. The van der Waals surface area contributed by atoms with E-state index in [1.165, 1.54) is 0 Å². The Morgan fingerprint density at radius 2 is 2.33 bits per heavy atom. The predicted molar refractivity (Wildman–Crippen MR) is 65.4 cm³/mol. The topological polar surface area (TPSA) is 55.5 Å². The van der Waals surface area contributed by atoms with Crippen LogP contribution in [0.15, 0.2) is 35.1 Å². The normalized spacial score (nSPS) is 22.6. The lowest BCUT2D eigenvalue weighted by Gasteiger charge is -2.31. The first kappa shape index (κ1) is 11.3. The summed E-state index contributed by atoms with van der Waals surface area (Å²) in [5, 5.41) is 11.0. The molecule has 1 unspecified atom stereocenters. The van der Waals surface area contributed by atoms with E-state index in [4.69, 9.17) is 9.15 Å². The summed E-state index contributed by atoms with van der Waals surface area (Å²) >= 11 is 0. The smallest absolute Gasteiger partial charge is 0.143 e. The fourth-order valence-corrected chi connectivity index (χ4v) is 2.65. The van der Waals surface area contributed by atoms with Crippen LogP contribution in [0.4, 0.5) is 0 Å². The highest BCUT2D eigenvalue weighted by atomic mass is 16.5. The maximum Gasteiger partial charge on any atom is 0.143 e. The van der Waals surface area contributed by atoms with Gasteiger partial charge in [0.25, 0.3) is 0 Å². The van der Waals surface area contributed by atoms with Crippen LogP contribution < -0.4 is 4.74 Å². The Bertz CT molecular complexity index is 564. The van der Waals surface area contributed by atoms with E-state index in [0.717, 1.165) is 24.2 Å². The van der Waals surface area contributed by atoms with Crippen LogP contribution in [0.25, 0.3) is 0 Å². The van der Waals surface area contributed by atoms with Crippen LogP contribution in [0.5, 0.6) is 5.75 Å². The zero-order chi connectivity index (χ0) is 12.6. The molecule has 0 aromatic carbocycles. The number of pyridine rings is 1. The second kappa shape index (κ2) is 4.14. The Labute approximate surface area is 105 Å². The molecular weight excluding hydrogens is 230 g/mol. The minimum absolute atomic E-state index is 0.565. The summed E-state index contributed by atoms with van der Waals surface area (Å²) in [7, 11) is 1.59. The molecule has 0 saturated carbocycles. The van der Waals surface area contributed by atoms with Gasteiger partial charge in [0, 0.05) is 18.2 Å². The highest BCUT2D eigenvalue weighted by Gasteiger charge is 2.41. The molecule has 0 fully saturated rings. The highest BCUT2D eigenvalue weighted by Crippen LogP contribution is 2.43. The van der Waals surface area contributed by atoms with E-state index >= 15 is 0 Å². The summed E-state index contributed by atoms with van der Waals surface area (Å²) in [5.74, 6) is 1.45. The van der Waals surface area contributed by atoms with Gasteiger partial charge in [-0.25, -0.2) is 0 Å². The molecule has 0 radical (unpaired) electrons. The van der Waals surface area contributed by atoms with Crippen molar-refractivity contribution in [2.45, 2.75) is 24.9 Å². The number of methoxy groups -OCH3 is 1. The number of rotatable bonds is 2. The van der Waals surface area contributed by atoms with Gasteiger partial charge in [-0.3, -0.25) is 4.98 Å². The number of furan rings is 1. The van der Waals surface area contributed by atoms with Gasteiger partial charge in [-0.2, -0.15) is 0 Å². The molecule has 0 aliphatic heterocycles. The van der Waals surface area contributed by atoms with Gasteiger partial charge < -0.3 is 14.3 Å². The van der Waals surface area contributed by atoms with Crippen molar-refractivity contribution in [1.29, 1.82) is 0 Å². The molecule has 4 heteroatoms. The molecule has 2 aromatic rings. The summed E-state index contributed by atoms with van der Waals surface area (Å²) in [6.07, 6.45) is 5.66. The Hall–Kier alpha value is -1.81. The summed E-state index contributed by atoms with van der Waals surface area (Å²) in [4.78, 5) is 4.31. The maximum atomic E-state index is 11.0. The SMILES string of the molecule is COc1cccnc1C1(O)CCCc2occc21. The molecule has 1 aliphatic carbocycles. The second-order valence-corrected chi connectivity index (χ2v) is 4.53. The lowest BCUT2D eigenvalue weighted by Crippen LogP contribution is -2.32. The Morgan fingerprint density at radius 1 is 1.44 bits per heavy atom. The maximum absolute atomic E-state index is 11.0. The van der Waals surface area contributed by atoms with Gasteiger partial charge in [-0.1, -0.05) is 0 Å². The Balaban J connectivity index is 2.17. The number of nitrogens with zero attached hydrogens (tertiary/aromatic N) is 1. The van der Waals surface area contributed by atoms with Gasteiger partial charge >= 0.3 is 0 Å². The molecule has 2 heterocycles. The van der Waals surface area contributed by atoms with Crippen molar-refractivity contribution in [3.05, 3.63) is 47.7 Å². The van der Waals surface area contributed by atoms with Crippen LogP contribution in [-0.2, 0) is 12.0 Å². The highest BCUT2D eigenvalue weighted by molar-refractivity contribution is 5.42. The van der Waals surface area contributed by atoms with E-state index in [2.05, 4.69) is 4.98 Å². The monoisotopic (exact) mass is 245 g/mol. The molecule has 0 spiro atoms. The van der Waals surface area contributed by atoms with Gasteiger partial charge in [-0.15, -0.1) is 0 Å². The number of aromatic nitrogens is 1. The van der Waals surface area contributed by atoms with Crippen molar-refractivity contribution in [2.24, 2.45) is 0 Å². The van der Waals surface area contributed by atoms with Gasteiger partial charge in [-0.05, 0) is 31.0 Å². The third-order valence-corrected chi connectivity index (χ3v) is 3.52. The van der Waals surface area contributed by atoms with Crippen LogP contribution >= 0.6 is 0 Å². The summed E-state index contributed by atoms with van der Waals surface area (Å²) in [6.45, 7) is 0. The summed E-state index contributed by atoms with van der Waals surface area (Å²) in [6, 6.07) is 5.43. The minimum Gasteiger partial charge on any atom is -0.495 e. The van der Waals surface area contributed by atoms with Crippen LogP contribution in [0.1, 0.15) is 29.9 Å². The number of aliphatic hydroxyl groups is 1. The van der Waals surface area contributed by atoms with Gasteiger partial charge in [0.1, 0.15) is 22.8 Å². The molecule has 0 bridgehead atoms. The van der Waals surface area contributed by atoms with E-state index in [0.29, 0.717) is 17.9 Å². The van der Waals surface area contributed by atoms with Gasteiger partial charge in [0.15, 0.2) is 0 Å². The molecule has 4 nitrogen and oxygen atoms in total. The molecule has 2 aromatic heterocycles. The van der Waals surface area contributed by atoms with Crippen molar-refractivity contribution in [3.8, 4) is 5.75 Å². The first-order chi connectivity index (χ1) is 8.75. The van der Waals surface area contributed by atoms with E-state index in [9.17, 15) is 5.11 Å². The van der Waals surface area contributed by atoms with Crippen molar-refractivity contribution < 1.29 is 14.3 Å². The molecule has 1 atom stereocenters. The van der Waals surface area contributed by atoms with E-state index in [1.54, 1.807) is 25.6 Å². The zero-order valence-corrected chi connectivity index (χ0v) is 10.2. The molecule has 94 valence electrons. The summed E-state index contributed by atoms with van der Waals surface area (Å²) in [5.41, 5.74) is 0.272. The van der Waals surface area contributed by atoms with Gasteiger partial charge in [0.2, 0.25) is 0 Å². The molecular formula is C14H15NO3. The first-order valence-corrected chi connectivity index (χ1v) is 6.04.